The van der Waals surface area contributed by atoms with Gasteiger partial charge in [0.1, 0.15) is 0 Å². The van der Waals surface area contributed by atoms with Gasteiger partial charge in [-0.3, -0.25) is 0 Å². The molecule has 0 radical (unpaired) electrons. The molecule has 1 aliphatic rings. The van der Waals surface area contributed by atoms with Gasteiger partial charge in [0, 0.05) is 38.3 Å². The number of benzene rings is 11. The summed E-state index contributed by atoms with van der Waals surface area (Å²) in [6.07, 6.45) is 0. The van der Waals surface area contributed by atoms with Crippen molar-refractivity contribution in [2.45, 2.75) is 0 Å². The molecule has 14 rings (SSSR count). The van der Waals surface area contributed by atoms with Gasteiger partial charge >= 0.3 is 0 Å². The second kappa shape index (κ2) is 13.5. The lowest BCUT2D eigenvalue weighted by molar-refractivity contribution is 1.18. The minimum absolute atomic E-state index is 1.14. The second-order valence-corrected chi connectivity index (χ2v) is 17.2. The molecule has 0 fully saturated rings. The van der Waals surface area contributed by atoms with Crippen LogP contribution in [0.15, 0.2) is 231 Å². The first-order valence-electron chi connectivity index (χ1n) is 22.2. The van der Waals surface area contributed by atoms with E-state index in [4.69, 9.17) is 0 Å². The third kappa shape index (κ3) is 5.02. The van der Waals surface area contributed by atoms with Crippen molar-refractivity contribution in [2.24, 2.45) is 0 Å². The summed E-state index contributed by atoms with van der Waals surface area (Å²) in [7, 11) is 0. The quantitative estimate of drug-likeness (QED) is 0.164. The fourth-order valence-corrected chi connectivity index (χ4v) is 11.0. The third-order valence-electron chi connectivity index (χ3n) is 13.9. The van der Waals surface area contributed by atoms with E-state index in [-0.39, 0.29) is 0 Å². The van der Waals surface area contributed by atoms with Gasteiger partial charge < -0.3 is 9.13 Å². The predicted octanol–water partition coefficient (Wildman–Crippen LogP) is 16.8. The van der Waals surface area contributed by atoms with Crippen LogP contribution in [-0.2, 0) is 0 Å². The first-order valence-corrected chi connectivity index (χ1v) is 22.2. The van der Waals surface area contributed by atoms with Gasteiger partial charge in [-0.05, 0) is 114 Å². The molecule has 0 N–H and O–H groups in total. The Bertz CT molecular complexity index is 4020. The molecule has 64 heavy (non-hydrogen) atoms. The highest BCUT2D eigenvalue weighted by Gasteiger charge is 2.23. The van der Waals surface area contributed by atoms with E-state index in [9.17, 15) is 0 Å². The van der Waals surface area contributed by atoms with Crippen LogP contribution in [-0.4, -0.2) is 9.13 Å². The Labute approximate surface area is 370 Å². The molecule has 0 atom stereocenters. The molecule has 296 valence electrons. The zero-order valence-corrected chi connectivity index (χ0v) is 34.8. The molecule has 0 unspecified atom stereocenters. The van der Waals surface area contributed by atoms with Crippen molar-refractivity contribution in [3.63, 3.8) is 0 Å². The van der Waals surface area contributed by atoms with E-state index in [1.807, 2.05) is 0 Å². The largest absolute Gasteiger partial charge is 0.309 e. The minimum Gasteiger partial charge on any atom is -0.309 e. The summed E-state index contributed by atoms with van der Waals surface area (Å²) in [6, 6.07) is 85.2. The number of aromatic nitrogens is 2. The van der Waals surface area contributed by atoms with Gasteiger partial charge in [0.05, 0.1) is 22.1 Å². The number of para-hydroxylation sites is 2. The Morgan fingerprint density at radius 2 is 0.734 bits per heavy atom. The van der Waals surface area contributed by atoms with Crippen LogP contribution in [0.25, 0.3) is 132 Å². The van der Waals surface area contributed by atoms with Crippen LogP contribution in [0.4, 0.5) is 0 Å². The molecule has 0 saturated heterocycles. The van der Waals surface area contributed by atoms with Crippen molar-refractivity contribution in [1.82, 2.24) is 9.13 Å². The maximum absolute atomic E-state index is 2.49. The zero-order valence-electron chi connectivity index (χ0n) is 34.8. The van der Waals surface area contributed by atoms with Crippen molar-refractivity contribution in [3.05, 3.63) is 231 Å². The van der Waals surface area contributed by atoms with E-state index >= 15 is 0 Å². The predicted molar refractivity (Wildman–Crippen MR) is 271 cm³/mol. The summed E-state index contributed by atoms with van der Waals surface area (Å²) in [6.45, 7) is 0. The molecule has 0 spiro atoms. The smallest absolute Gasteiger partial charge is 0.0619 e. The van der Waals surface area contributed by atoms with Crippen LogP contribution in [0.5, 0.6) is 0 Å². The van der Waals surface area contributed by atoms with Crippen LogP contribution in [0.3, 0.4) is 0 Å². The standard InChI is InChI=1S/C62H38N2/c1-2-14-43(15-3-1)63-58-24-11-10-21-51(58)52-32-28-41(37-59(52)63)42-29-33-53-57-34-27-39-13-4-5-17-46(39)62(57)64(60(53)38-42)44-30-25-40(26-31-44)45-16-6-7-18-47(45)50-35-36-56-49-20-9-8-19-48(49)54-22-12-23-55(50)61(54)56/h1-38H. The molecule has 2 heterocycles. The molecular formula is C62H38N2. The number of nitrogens with zero attached hydrogens (tertiary/aromatic N) is 2. The average molecular weight is 811 g/mol. The molecule has 13 aromatic rings. The van der Waals surface area contributed by atoms with E-state index in [2.05, 4.69) is 240 Å². The average Bonchev–Trinajstić information content (AvgIpc) is 4.00. The summed E-state index contributed by atoms with van der Waals surface area (Å²) in [4.78, 5) is 0. The molecule has 0 aliphatic heterocycles. The molecule has 2 heteroatoms. The number of hydrogen-bond donors (Lipinski definition) is 0. The van der Waals surface area contributed by atoms with Crippen molar-refractivity contribution < 1.29 is 0 Å². The SMILES string of the molecule is c1ccc(-n2c3ccccc3c3ccc(-c4ccc5c6ccc7ccccc7c6n(-c6ccc(-c7ccccc7-c7ccc8c9c(cccc79)-c7ccccc7-8)cc6)c5c4)cc32)cc1. The lowest BCUT2D eigenvalue weighted by Crippen LogP contribution is -1.95. The van der Waals surface area contributed by atoms with E-state index in [0.29, 0.717) is 0 Å². The topological polar surface area (TPSA) is 9.86 Å². The molecule has 2 nitrogen and oxygen atoms in total. The summed E-state index contributed by atoms with van der Waals surface area (Å²) >= 11 is 0. The fraction of sp³-hybridized carbons (Fsp3) is 0. The Morgan fingerprint density at radius 1 is 0.234 bits per heavy atom. The van der Waals surface area contributed by atoms with Crippen LogP contribution >= 0.6 is 0 Å². The van der Waals surface area contributed by atoms with E-state index in [1.54, 1.807) is 0 Å². The zero-order chi connectivity index (χ0) is 41.9. The highest BCUT2D eigenvalue weighted by Crippen LogP contribution is 2.50. The first kappa shape index (κ1) is 35.2. The molecule has 0 saturated carbocycles. The van der Waals surface area contributed by atoms with Gasteiger partial charge in [0.2, 0.25) is 0 Å². The fourth-order valence-electron chi connectivity index (χ4n) is 11.0. The van der Waals surface area contributed by atoms with Gasteiger partial charge in [0.25, 0.3) is 0 Å². The van der Waals surface area contributed by atoms with Gasteiger partial charge in [-0.25, -0.2) is 0 Å². The summed E-state index contributed by atoms with van der Waals surface area (Å²) in [5.74, 6) is 0. The van der Waals surface area contributed by atoms with E-state index in [0.717, 1.165) is 11.4 Å². The molecule has 0 bridgehead atoms. The number of hydrogen-bond acceptors (Lipinski definition) is 0. The highest BCUT2D eigenvalue weighted by atomic mass is 15.0. The van der Waals surface area contributed by atoms with Gasteiger partial charge in [0.15, 0.2) is 0 Å². The molecule has 2 aromatic heterocycles. The molecule has 11 aromatic carbocycles. The Hall–Kier alpha value is -8.46. The minimum atomic E-state index is 1.14. The Balaban J connectivity index is 0.935. The highest BCUT2D eigenvalue weighted by molar-refractivity contribution is 6.21. The van der Waals surface area contributed by atoms with E-state index in [1.165, 1.54) is 121 Å². The van der Waals surface area contributed by atoms with Gasteiger partial charge in [-0.15, -0.1) is 0 Å². The van der Waals surface area contributed by atoms with Gasteiger partial charge in [-0.1, -0.05) is 188 Å². The maximum Gasteiger partial charge on any atom is 0.0619 e. The number of rotatable bonds is 5. The lowest BCUT2D eigenvalue weighted by Gasteiger charge is -2.15. The number of fused-ring (bicyclic) bond motifs is 11. The van der Waals surface area contributed by atoms with Crippen LogP contribution in [0.2, 0.25) is 0 Å². The van der Waals surface area contributed by atoms with Gasteiger partial charge in [-0.2, -0.15) is 0 Å². The molecule has 0 amide bonds. The Morgan fingerprint density at radius 3 is 1.50 bits per heavy atom. The summed E-state index contributed by atoms with van der Waals surface area (Å²) in [5, 5.41) is 10.1. The van der Waals surface area contributed by atoms with Crippen molar-refractivity contribution in [2.75, 3.05) is 0 Å². The van der Waals surface area contributed by atoms with Crippen LogP contribution < -0.4 is 0 Å². The van der Waals surface area contributed by atoms with Crippen molar-refractivity contribution >= 4 is 65.2 Å². The summed E-state index contributed by atoms with van der Waals surface area (Å²) < 4.78 is 4.90. The third-order valence-corrected chi connectivity index (χ3v) is 13.9. The molecule has 1 aliphatic carbocycles. The maximum atomic E-state index is 2.49. The Kier molecular flexibility index (Phi) is 7.43. The normalized spacial score (nSPS) is 12.1. The lowest BCUT2D eigenvalue weighted by atomic mass is 9.89. The summed E-state index contributed by atoms with van der Waals surface area (Å²) in [5.41, 5.74) is 19.7. The van der Waals surface area contributed by atoms with Crippen LogP contribution in [0.1, 0.15) is 0 Å². The van der Waals surface area contributed by atoms with E-state index < -0.39 is 0 Å². The first-order chi connectivity index (χ1) is 31.8. The van der Waals surface area contributed by atoms with Crippen molar-refractivity contribution in [3.8, 4) is 67.0 Å². The monoisotopic (exact) mass is 810 g/mol. The van der Waals surface area contributed by atoms with Crippen LogP contribution in [0, 0.1) is 0 Å². The van der Waals surface area contributed by atoms with Crippen molar-refractivity contribution in [1.29, 1.82) is 0 Å². The second-order valence-electron chi connectivity index (χ2n) is 17.2. The molecular weight excluding hydrogens is 773 g/mol.